The van der Waals surface area contributed by atoms with Gasteiger partial charge in [-0.2, -0.15) is 0 Å². The molecule has 0 fully saturated rings. The van der Waals surface area contributed by atoms with Gasteiger partial charge in [-0.25, -0.2) is 0 Å². The Labute approximate surface area is 290 Å². The molecule has 0 N–H and O–H groups in total. The van der Waals surface area contributed by atoms with Crippen LogP contribution in [0.4, 0.5) is 17.1 Å². The summed E-state index contributed by atoms with van der Waals surface area (Å²) >= 11 is 0. The summed E-state index contributed by atoms with van der Waals surface area (Å²) in [4.78, 5) is 2.36. The summed E-state index contributed by atoms with van der Waals surface area (Å²) in [5.74, 6) is 0. The molecule has 0 aliphatic rings. The zero-order valence-corrected chi connectivity index (χ0v) is 27.4. The minimum absolute atomic E-state index is 1.12. The molecule has 0 aliphatic carbocycles. The van der Waals surface area contributed by atoms with Gasteiger partial charge in [-0.3, -0.25) is 0 Å². The van der Waals surface area contributed by atoms with E-state index in [-0.39, 0.29) is 0 Å². The van der Waals surface area contributed by atoms with Gasteiger partial charge in [0.25, 0.3) is 0 Å². The van der Waals surface area contributed by atoms with Crippen molar-refractivity contribution in [3.63, 3.8) is 0 Å². The lowest BCUT2D eigenvalue weighted by atomic mass is 9.94. The van der Waals surface area contributed by atoms with Crippen LogP contribution < -0.4 is 4.90 Å². The Bertz CT molecular complexity index is 2810. The fourth-order valence-corrected chi connectivity index (χ4v) is 7.87. The molecular formula is C48H32N2. The molecule has 0 unspecified atom stereocenters. The van der Waals surface area contributed by atoms with Gasteiger partial charge in [0, 0.05) is 33.5 Å². The first-order valence-corrected chi connectivity index (χ1v) is 17.2. The average molecular weight is 637 g/mol. The lowest BCUT2D eigenvalue weighted by Crippen LogP contribution is -2.09. The van der Waals surface area contributed by atoms with Gasteiger partial charge in [0.15, 0.2) is 0 Å². The predicted octanol–water partition coefficient (Wildman–Crippen LogP) is 13.4. The highest BCUT2D eigenvalue weighted by Gasteiger charge is 2.17. The number of anilines is 3. The van der Waals surface area contributed by atoms with Crippen molar-refractivity contribution in [3.8, 4) is 16.8 Å². The Hall–Kier alpha value is -6.64. The van der Waals surface area contributed by atoms with E-state index in [2.05, 4.69) is 204 Å². The monoisotopic (exact) mass is 636 g/mol. The highest BCUT2D eigenvalue weighted by Crippen LogP contribution is 2.41. The van der Waals surface area contributed by atoms with Crippen molar-refractivity contribution >= 4 is 71.2 Å². The SMILES string of the molecule is c1ccc(N(c2ccc(-c3ccc4c(c3)c3ccccc3n4-c3ccccc3)cc2)c2ccc3c4ccccc4c4ccccc4c3c2)cc1. The molecule has 1 heterocycles. The first-order valence-electron chi connectivity index (χ1n) is 17.2. The normalized spacial score (nSPS) is 11.6. The molecule has 0 bridgehead atoms. The third-order valence-electron chi connectivity index (χ3n) is 10.1. The van der Waals surface area contributed by atoms with E-state index in [1.54, 1.807) is 0 Å². The van der Waals surface area contributed by atoms with Crippen LogP contribution in [0.1, 0.15) is 0 Å². The number of hydrogen-bond donors (Lipinski definition) is 0. The van der Waals surface area contributed by atoms with Crippen molar-refractivity contribution in [2.24, 2.45) is 0 Å². The van der Waals surface area contributed by atoms with E-state index >= 15 is 0 Å². The smallest absolute Gasteiger partial charge is 0.0541 e. The van der Waals surface area contributed by atoms with E-state index in [4.69, 9.17) is 0 Å². The fraction of sp³-hybridized carbons (Fsp3) is 0. The number of hydrogen-bond acceptors (Lipinski definition) is 1. The summed E-state index contributed by atoms with van der Waals surface area (Å²) < 4.78 is 2.37. The first-order chi connectivity index (χ1) is 24.8. The van der Waals surface area contributed by atoms with Gasteiger partial charge in [-0.1, -0.05) is 127 Å². The molecule has 0 aliphatic heterocycles. The van der Waals surface area contributed by atoms with E-state index in [9.17, 15) is 0 Å². The zero-order chi connectivity index (χ0) is 33.0. The van der Waals surface area contributed by atoms with Crippen LogP contribution in [-0.4, -0.2) is 4.57 Å². The molecule has 10 rings (SSSR count). The van der Waals surface area contributed by atoms with Crippen LogP contribution in [0, 0.1) is 0 Å². The Kier molecular flexibility index (Phi) is 6.53. The van der Waals surface area contributed by atoms with Gasteiger partial charge in [0.2, 0.25) is 0 Å². The van der Waals surface area contributed by atoms with Gasteiger partial charge >= 0.3 is 0 Å². The number of benzene rings is 9. The summed E-state index contributed by atoms with van der Waals surface area (Å²) in [5, 5.41) is 10.2. The summed E-state index contributed by atoms with van der Waals surface area (Å²) in [7, 11) is 0. The molecule has 234 valence electrons. The Balaban J connectivity index is 1.10. The number of para-hydroxylation sites is 3. The molecule has 1 aromatic heterocycles. The standard InChI is InChI=1S/C48H32N2/c1-3-13-35(14-4-1)49(38-28-29-43-41-19-8-7-17-39(41)40-18-9-10-20-42(40)45(43)32-38)37-26-23-33(24-27-37)34-25-30-48-46(31-34)44-21-11-12-22-47(44)50(48)36-15-5-2-6-16-36/h1-32H. The summed E-state index contributed by atoms with van der Waals surface area (Å²) in [5.41, 5.74) is 9.37. The second-order valence-electron chi connectivity index (χ2n) is 13.0. The fourth-order valence-electron chi connectivity index (χ4n) is 7.87. The van der Waals surface area contributed by atoms with Crippen molar-refractivity contribution in [1.29, 1.82) is 0 Å². The third-order valence-corrected chi connectivity index (χ3v) is 10.1. The second kappa shape index (κ2) is 11.5. The zero-order valence-electron chi connectivity index (χ0n) is 27.4. The lowest BCUT2D eigenvalue weighted by molar-refractivity contribution is 1.18. The van der Waals surface area contributed by atoms with E-state index in [1.807, 2.05) is 0 Å². The minimum atomic E-state index is 1.12. The van der Waals surface area contributed by atoms with Gasteiger partial charge in [0.05, 0.1) is 11.0 Å². The van der Waals surface area contributed by atoms with E-state index < -0.39 is 0 Å². The second-order valence-corrected chi connectivity index (χ2v) is 13.0. The average Bonchev–Trinajstić information content (AvgIpc) is 3.53. The highest BCUT2D eigenvalue weighted by atomic mass is 15.1. The quantitative estimate of drug-likeness (QED) is 0.171. The maximum atomic E-state index is 2.37. The van der Waals surface area contributed by atoms with Gasteiger partial charge < -0.3 is 9.47 Å². The summed E-state index contributed by atoms with van der Waals surface area (Å²) in [6, 6.07) is 70.4. The van der Waals surface area contributed by atoms with Gasteiger partial charge in [0.1, 0.15) is 0 Å². The van der Waals surface area contributed by atoms with Gasteiger partial charge in [-0.05, 0) is 110 Å². The van der Waals surface area contributed by atoms with Crippen molar-refractivity contribution < 1.29 is 0 Å². The van der Waals surface area contributed by atoms with Crippen LogP contribution >= 0.6 is 0 Å². The van der Waals surface area contributed by atoms with Crippen LogP contribution in [0.15, 0.2) is 194 Å². The van der Waals surface area contributed by atoms with Crippen LogP contribution in [0.25, 0.3) is 70.9 Å². The van der Waals surface area contributed by atoms with Crippen LogP contribution in [0.5, 0.6) is 0 Å². The Morgan fingerprint density at radius 1 is 0.280 bits per heavy atom. The molecule has 50 heavy (non-hydrogen) atoms. The van der Waals surface area contributed by atoms with Crippen molar-refractivity contribution in [2.45, 2.75) is 0 Å². The maximum absolute atomic E-state index is 2.37. The molecule has 0 atom stereocenters. The number of nitrogens with zero attached hydrogens (tertiary/aromatic N) is 2. The van der Waals surface area contributed by atoms with E-state index in [0.717, 1.165) is 17.1 Å². The maximum Gasteiger partial charge on any atom is 0.0541 e. The van der Waals surface area contributed by atoms with Crippen molar-refractivity contribution in [2.75, 3.05) is 4.90 Å². The third kappa shape index (κ3) is 4.50. The molecular weight excluding hydrogens is 605 g/mol. The van der Waals surface area contributed by atoms with Gasteiger partial charge in [-0.15, -0.1) is 0 Å². The van der Waals surface area contributed by atoms with E-state index in [1.165, 1.54) is 70.9 Å². The Morgan fingerprint density at radius 2 is 0.760 bits per heavy atom. The molecule has 0 saturated heterocycles. The van der Waals surface area contributed by atoms with Crippen LogP contribution in [0.2, 0.25) is 0 Å². The molecule has 10 aromatic rings. The first kappa shape index (κ1) is 28.4. The molecule has 0 spiro atoms. The predicted molar refractivity (Wildman–Crippen MR) is 213 cm³/mol. The topological polar surface area (TPSA) is 8.17 Å². The molecule has 0 radical (unpaired) electrons. The van der Waals surface area contributed by atoms with Crippen molar-refractivity contribution in [3.05, 3.63) is 194 Å². The Morgan fingerprint density at radius 3 is 1.44 bits per heavy atom. The number of aromatic nitrogens is 1. The van der Waals surface area contributed by atoms with Crippen molar-refractivity contribution in [1.82, 2.24) is 4.57 Å². The van der Waals surface area contributed by atoms with E-state index in [0.29, 0.717) is 0 Å². The molecule has 0 amide bonds. The number of rotatable bonds is 5. The molecule has 2 heteroatoms. The summed E-state index contributed by atoms with van der Waals surface area (Å²) in [6.07, 6.45) is 0. The highest BCUT2D eigenvalue weighted by molar-refractivity contribution is 6.25. The number of fused-ring (bicyclic) bond motifs is 9. The lowest BCUT2D eigenvalue weighted by Gasteiger charge is -2.26. The van der Waals surface area contributed by atoms with Crippen LogP contribution in [-0.2, 0) is 0 Å². The van der Waals surface area contributed by atoms with Crippen LogP contribution in [0.3, 0.4) is 0 Å². The molecule has 2 nitrogen and oxygen atoms in total. The largest absolute Gasteiger partial charge is 0.310 e. The molecule has 0 saturated carbocycles. The molecule has 9 aromatic carbocycles. The summed E-state index contributed by atoms with van der Waals surface area (Å²) in [6.45, 7) is 0. The minimum Gasteiger partial charge on any atom is -0.310 e.